The summed E-state index contributed by atoms with van der Waals surface area (Å²) in [6, 6.07) is 1.41. The van der Waals surface area contributed by atoms with Crippen molar-refractivity contribution in [2.24, 2.45) is 0 Å². The molecule has 0 aromatic rings. The summed E-state index contributed by atoms with van der Waals surface area (Å²) in [4.78, 5) is 0. The van der Waals surface area contributed by atoms with Crippen molar-refractivity contribution in [3.63, 3.8) is 0 Å². The lowest BCUT2D eigenvalue weighted by molar-refractivity contribution is -0.0439. The maximum atomic E-state index is 5.81. The van der Waals surface area contributed by atoms with Crippen molar-refractivity contribution in [2.75, 3.05) is 6.26 Å². The van der Waals surface area contributed by atoms with Gasteiger partial charge in [-0.1, -0.05) is 12.8 Å². The molecule has 0 radical (unpaired) electrons. The first-order valence-corrected chi connectivity index (χ1v) is 8.42. The Balaban J connectivity index is 1.85. The van der Waals surface area contributed by atoms with E-state index in [1.165, 1.54) is 38.5 Å². The molecular formula is C14H27NOS. The molecule has 0 bridgehead atoms. The van der Waals surface area contributed by atoms with Crippen molar-refractivity contribution in [1.29, 1.82) is 0 Å². The van der Waals surface area contributed by atoms with E-state index < -0.39 is 0 Å². The summed E-state index contributed by atoms with van der Waals surface area (Å²) in [5.41, 5.74) is 0. The standard InChI is InChI=1S/C14H27NOS/c1-10-8-12(9-11(2)16-10)15-13-6-4-5-7-14(13)17-3/h10-15H,4-9H2,1-3H3. The number of nitrogens with one attached hydrogen (secondary N) is 1. The van der Waals surface area contributed by atoms with Crippen LogP contribution in [0.3, 0.4) is 0 Å². The van der Waals surface area contributed by atoms with E-state index in [4.69, 9.17) is 4.74 Å². The summed E-state index contributed by atoms with van der Waals surface area (Å²) in [7, 11) is 0. The van der Waals surface area contributed by atoms with Crippen molar-refractivity contribution in [2.45, 2.75) is 81.9 Å². The topological polar surface area (TPSA) is 21.3 Å². The molecule has 1 saturated heterocycles. The highest BCUT2D eigenvalue weighted by Crippen LogP contribution is 2.29. The number of hydrogen-bond acceptors (Lipinski definition) is 3. The fourth-order valence-corrected chi connectivity index (χ4v) is 4.36. The molecule has 0 aromatic heterocycles. The first-order chi connectivity index (χ1) is 8.19. The van der Waals surface area contributed by atoms with Crippen LogP contribution < -0.4 is 5.32 Å². The van der Waals surface area contributed by atoms with Crippen LogP contribution in [-0.2, 0) is 4.74 Å². The lowest BCUT2D eigenvalue weighted by Gasteiger charge is -2.38. The van der Waals surface area contributed by atoms with E-state index in [9.17, 15) is 0 Å². The van der Waals surface area contributed by atoms with Crippen molar-refractivity contribution in [1.82, 2.24) is 5.32 Å². The van der Waals surface area contributed by atoms with Crippen molar-refractivity contribution < 1.29 is 4.74 Å². The van der Waals surface area contributed by atoms with Crippen LogP contribution in [0.15, 0.2) is 0 Å². The van der Waals surface area contributed by atoms with E-state index >= 15 is 0 Å². The van der Waals surface area contributed by atoms with E-state index in [0.29, 0.717) is 18.2 Å². The molecule has 1 saturated carbocycles. The number of hydrogen-bond donors (Lipinski definition) is 1. The smallest absolute Gasteiger partial charge is 0.0565 e. The number of rotatable bonds is 3. The summed E-state index contributed by atoms with van der Waals surface area (Å²) in [5.74, 6) is 0. The highest BCUT2D eigenvalue weighted by molar-refractivity contribution is 7.99. The minimum atomic E-state index is 0.424. The quantitative estimate of drug-likeness (QED) is 0.839. The fraction of sp³-hybridized carbons (Fsp3) is 1.00. The molecule has 0 amide bonds. The SMILES string of the molecule is CSC1CCCCC1NC1CC(C)OC(C)C1. The zero-order chi connectivity index (χ0) is 12.3. The second-order valence-corrected chi connectivity index (χ2v) is 6.83. The Morgan fingerprint density at radius 2 is 1.71 bits per heavy atom. The molecule has 2 fully saturated rings. The van der Waals surface area contributed by atoms with E-state index in [2.05, 4.69) is 37.2 Å². The molecule has 2 nitrogen and oxygen atoms in total. The summed E-state index contributed by atoms with van der Waals surface area (Å²) in [6.07, 6.45) is 11.1. The molecule has 17 heavy (non-hydrogen) atoms. The van der Waals surface area contributed by atoms with Gasteiger partial charge in [-0.3, -0.25) is 0 Å². The second-order valence-electron chi connectivity index (χ2n) is 5.76. The molecule has 2 aliphatic rings. The minimum absolute atomic E-state index is 0.424. The summed E-state index contributed by atoms with van der Waals surface area (Å²) >= 11 is 2.05. The Bertz CT molecular complexity index is 226. The van der Waals surface area contributed by atoms with Crippen LogP contribution in [0.5, 0.6) is 0 Å². The van der Waals surface area contributed by atoms with E-state index in [0.717, 1.165) is 11.3 Å². The molecule has 4 unspecified atom stereocenters. The Labute approximate surface area is 110 Å². The van der Waals surface area contributed by atoms with E-state index in [1.807, 2.05) is 0 Å². The van der Waals surface area contributed by atoms with Crippen LogP contribution in [0.4, 0.5) is 0 Å². The predicted octanol–water partition coefficient (Wildman–Crippen LogP) is 3.21. The van der Waals surface area contributed by atoms with Gasteiger partial charge in [0, 0.05) is 17.3 Å². The third-order valence-corrected chi connectivity index (χ3v) is 5.32. The van der Waals surface area contributed by atoms with Crippen molar-refractivity contribution >= 4 is 11.8 Å². The minimum Gasteiger partial charge on any atom is -0.375 e. The van der Waals surface area contributed by atoms with E-state index in [1.54, 1.807) is 0 Å². The van der Waals surface area contributed by atoms with Crippen molar-refractivity contribution in [3.8, 4) is 0 Å². The van der Waals surface area contributed by atoms with Crippen LogP contribution in [0, 0.1) is 0 Å². The Morgan fingerprint density at radius 1 is 1.06 bits per heavy atom. The molecule has 0 spiro atoms. The molecule has 1 aliphatic heterocycles. The first-order valence-electron chi connectivity index (χ1n) is 7.13. The fourth-order valence-electron chi connectivity index (χ4n) is 3.41. The predicted molar refractivity (Wildman–Crippen MR) is 75.7 cm³/mol. The zero-order valence-corrected chi connectivity index (χ0v) is 12.3. The van der Waals surface area contributed by atoms with Gasteiger partial charge in [-0.05, 0) is 45.8 Å². The van der Waals surface area contributed by atoms with Gasteiger partial charge in [0.15, 0.2) is 0 Å². The van der Waals surface area contributed by atoms with Gasteiger partial charge in [-0.25, -0.2) is 0 Å². The average Bonchev–Trinajstić information content (AvgIpc) is 2.28. The van der Waals surface area contributed by atoms with Gasteiger partial charge in [-0.15, -0.1) is 0 Å². The zero-order valence-electron chi connectivity index (χ0n) is 11.4. The molecule has 1 aliphatic carbocycles. The number of thioether (sulfide) groups is 1. The Morgan fingerprint density at radius 3 is 2.35 bits per heavy atom. The largest absolute Gasteiger partial charge is 0.375 e. The van der Waals surface area contributed by atoms with Crippen LogP contribution in [0.1, 0.15) is 52.4 Å². The maximum Gasteiger partial charge on any atom is 0.0565 e. The Kier molecular flexibility index (Phi) is 5.19. The normalized spacial score (nSPS) is 43.6. The Hall–Kier alpha value is 0.270. The van der Waals surface area contributed by atoms with Crippen LogP contribution in [-0.4, -0.2) is 35.8 Å². The van der Waals surface area contributed by atoms with Gasteiger partial charge < -0.3 is 10.1 Å². The maximum absolute atomic E-state index is 5.81. The molecule has 100 valence electrons. The van der Waals surface area contributed by atoms with Gasteiger partial charge in [0.1, 0.15) is 0 Å². The van der Waals surface area contributed by atoms with Gasteiger partial charge >= 0.3 is 0 Å². The summed E-state index contributed by atoms with van der Waals surface area (Å²) in [6.45, 7) is 4.41. The van der Waals surface area contributed by atoms with Crippen molar-refractivity contribution in [3.05, 3.63) is 0 Å². The highest BCUT2D eigenvalue weighted by atomic mass is 32.2. The monoisotopic (exact) mass is 257 g/mol. The molecular weight excluding hydrogens is 230 g/mol. The molecule has 4 atom stereocenters. The summed E-state index contributed by atoms with van der Waals surface area (Å²) < 4.78 is 5.81. The van der Waals surface area contributed by atoms with Gasteiger partial charge in [0.25, 0.3) is 0 Å². The van der Waals surface area contributed by atoms with Crippen LogP contribution in [0.2, 0.25) is 0 Å². The van der Waals surface area contributed by atoms with Gasteiger partial charge in [0.2, 0.25) is 0 Å². The average molecular weight is 257 g/mol. The molecule has 3 heteroatoms. The lowest BCUT2D eigenvalue weighted by atomic mass is 9.92. The van der Waals surface area contributed by atoms with E-state index in [-0.39, 0.29) is 0 Å². The third-order valence-electron chi connectivity index (χ3n) is 4.15. The number of ether oxygens (including phenoxy) is 1. The lowest BCUT2D eigenvalue weighted by Crippen LogP contribution is -2.50. The van der Waals surface area contributed by atoms with Gasteiger partial charge in [0.05, 0.1) is 12.2 Å². The first kappa shape index (κ1) is 13.7. The van der Waals surface area contributed by atoms with Crippen LogP contribution in [0.25, 0.3) is 0 Å². The molecule has 1 N–H and O–H groups in total. The molecule has 2 rings (SSSR count). The third kappa shape index (κ3) is 3.87. The van der Waals surface area contributed by atoms with Crippen LogP contribution >= 0.6 is 11.8 Å². The molecule has 1 heterocycles. The summed E-state index contributed by atoms with van der Waals surface area (Å²) in [5, 5.41) is 4.75. The van der Waals surface area contributed by atoms with Gasteiger partial charge in [-0.2, -0.15) is 11.8 Å². The molecule has 0 aromatic carbocycles. The second kappa shape index (κ2) is 6.44. The highest BCUT2D eigenvalue weighted by Gasteiger charge is 2.30.